The lowest BCUT2D eigenvalue weighted by Crippen LogP contribution is -2.04. The van der Waals surface area contributed by atoms with Crippen molar-refractivity contribution in [2.24, 2.45) is 0 Å². The van der Waals surface area contributed by atoms with E-state index in [9.17, 15) is 23.2 Å². The van der Waals surface area contributed by atoms with Gasteiger partial charge in [0.15, 0.2) is 0 Å². The lowest BCUT2D eigenvalue weighted by Gasteiger charge is -2.09. The predicted molar refractivity (Wildman–Crippen MR) is 149 cm³/mol. The van der Waals surface area contributed by atoms with E-state index in [1.54, 1.807) is 17.5 Å². The first-order valence-electron chi connectivity index (χ1n) is 11.7. The third-order valence-electron chi connectivity index (χ3n) is 6.25. The van der Waals surface area contributed by atoms with Crippen LogP contribution in [0, 0.1) is 11.3 Å². The summed E-state index contributed by atoms with van der Waals surface area (Å²) in [6, 6.07) is 21.1. The Kier molecular flexibility index (Phi) is 6.29. The monoisotopic (exact) mass is 574 g/mol. The summed E-state index contributed by atoms with van der Waals surface area (Å²) < 4.78 is 50.8. The second-order valence-electron chi connectivity index (χ2n) is 8.75. The van der Waals surface area contributed by atoms with Crippen LogP contribution in [0.5, 0.6) is 0 Å². The Labute approximate surface area is 233 Å². The number of thiazole rings is 1. The van der Waals surface area contributed by atoms with Gasteiger partial charge in [-0.15, -0.1) is 11.3 Å². The summed E-state index contributed by atoms with van der Waals surface area (Å²) in [7, 11) is 0. The molecule has 10 heteroatoms. The summed E-state index contributed by atoms with van der Waals surface area (Å²) in [4.78, 5) is 17.3. The van der Waals surface area contributed by atoms with Crippen molar-refractivity contribution < 1.29 is 22.0 Å². The molecule has 0 spiro atoms. The summed E-state index contributed by atoms with van der Waals surface area (Å²) in [5.41, 5.74) is -0.154. The standard InChI is InChI=1S/C30H14ClF3N2O3S/c31-24-8-6-18(30(32,33)34)12-22(24)27-10-7-19(38-27)11-17(14-35)28-36-25(15-40-28)23-13-21-20-4-2-1-3-16(20)5-9-26(21)39-29(23)37/h1-13,15H/b17-11+. The number of furan rings is 1. The van der Waals surface area contributed by atoms with E-state index in [-0.39, 0.29) is 33.2 Å². The van der Waals surface area contributed by atoms with Gasteiger partial charge in [0.2, 0.25) is 0 Å². The smallest absolute Gasteiger partial charge is 0.416 e. The molecule has 0 radical (unpaired) electrons. The molecule has 3 heterocycles. The van der Waals surface area contributed by atoms with Crippen LogP contribution in [0.15, 0.2) is 91.8 Å². The van der Waals surface area contributed by atoms with Crippen molar-refractivity contribution in [3.8, 4) is 28.7 Å². The fourth-order valence-electron chi connectivity index (χ4n) is 4.32. The Morgan fingerprint density at radius 2 is 1.80 bits per heavy atom. The number of nitriles is 1. The number of hydrogen-bond acceptors (Lipinski definition) is 6. The minimum atomic E-state index is -4.54. The molecule has 3 aromatic heterocycles. The third kappa shape index (κ3) is 4.68. The first kappa shape index (κ1) is 25.6. The van der Waals surface area contributed by atoms with Crippen molar-refractivity contribution in [1.29, 1.82) is 5.26 Å². The van der Waals surface area contributed by atoms with Crippen molar-refractivity contribution in [3.63, 3.8) is 0 Å². The quantitative estimate of drug-likeness (QED) is 0.119. The van der Waals surface area contributed by atoms with Gasteiger partial charge in [-0.1, -0.05) is 41.9 Å². The highest BCUT2D eigenvalue weighted by molar-refractivity contribution is 7.11. The minimum Gasteiger partial charge on any atom is -0.457 e. The molecule has 40 heavy (non-hydrogen) atoms. The van der Waals surface area contributed by atoms with Gasteiger partial charge in [0, 0.05) is 22.4 Å². The highest BCUT2D eigenvalue weighted by Crippen LogP contribution is 2.37. The molecular weight excluding hydrogens is 561 g/mol. The van der Waals surface area contributed by atoms with E-state index in [0.29, 0.717) is 16.3 Å². The molecule has 0 saturated carbocycles. The highest BCUT2D eigenvalue weighted by Gasteiger charge is 2.31. The number of halogens is 4. The first-order valence-corrected chi connectivity index (χ1v) is 13.0. The Bertz CT molecular complexity index is 2070. The van der Waals surface area contributed by atoms with E-state index in [1.165, 1.54) is 18.2 Å². The molecule has 5 nitrogen and oxygen atoms in total. The largest absolute Gasteiger partial charge is 0.457 e. The average Bonchev–Trinajstić information content (AvgIpc) is 3.61. The average molecular weight is 575 g/mol. The molecule has 0 fully saturated rings. The lowest BCUT2D eigenvalue weighted by atomic mass is 10.0. The minimum absolute atomic E-state index is 0.0711. The van der Waals surface area contributed by atoms with Crippen LogP contribution in [-0.2, 0) is 6.18 Å². The fraction of sp³-hybridized carbons (Fsp3) is 0.0333. The zero-order valence-corrected chi connectivity index (χ0v) is 21.7. The Balaban J connectivity index is 1.35. The number of aromatic nitrogens is 1. The summed E-state index contributed by atoms with van der Waals surface area (Å²) in [6.07, 6.45) is -3.12. The molecule has 6 aromatic rings. The molecule has 0 amide bonds. The highest BCUT2D eigenvalue weighted by atomic mass is 35.5. The number of alkyl halides is 3. The fourth-order valence-corrected chi connectivity index (χ4v) is 5.32. The van der Waals surface area contributed by atoms with Gasteiger partial charge >= 0.3 is 11.8 Å². The van der Waals surface area contributed by atoms with Gasteiger partial charge in [0.25, 0.3) is 0 Å². The zero-order valence-electron chi connectivity index (χ0n) is 20.1. The molecule has 0 unspecified atom stereocenters. The number of rotatable bonds is 4. The second kappa shape index (κ2) is 9.83. The van der Waals surface area contributed by atoms with Gasteiger partial charge in [0.1, 0.15) is 28.2 Å². The predicted octanol–water partition coefficient (Wildman–Crippen LogP) is 9.07. The maximum atomic E-state index is 13.2. The van der Waals surface area contributed by atoms with Crippen molar-refractivity contribution in [3.05, 3.63) is 110 Å². The van der Waals surface area contributed by atoms with E-state index in [2.05, 4.69) is 11.1 Å². The number of allylic oxidation sites excluding steroid dienone is 1. The van der Waals surface area contributed by atoms with Crippen LogP contribution < -0.4 is 5.63 Å². The van der Waals surface area contributed by atoms with Crippen LogP contribution in [0.3, 0.4) is 0 Å². The van der Waals surface area contributed by atoms with Gasteiger partial charge in [-0.25, -0.2) is 9.78 Å². The molecule has 0 saturated heterocycles. The Hall–Kier alpha value is -4.65. The summed E-state index contributed by atoms with van der Waals surface area (Å²) in [5, 5.41) is 14.5. The Morgan fingerprint density at radius 3 is 2.60 bits per heavy atom. The molecule has 0 aliphatic heterocycles. The van der Waals surface area contributed by atoms with Crippen LogP contribution in [0.2, 0.25) is 5.02 Å². The Morgan fingerprint density at radius 1 is 0.975 bits per heavy atom. The number of benzene rings is 3. The molecule has 6 rings (SSSR count). The number of nitrogens with zero attached hydrogens (tertiary/aromatic N) is 2. The number of hydrogen-bond donors (Lipinski definition) is 0. The van der Waals surface area contributed by atoms with Crippen LogP contribution in [0.25, 0.3) is 56.0 Å². The second-order valence-corrected chi connectivity index (χ2v) is 10.0. The summed E-state index contributed by atoms with van der Waals surface area (Å²) >= 11 is 7.28. The molecule has 0 aliphatic rings. The third-order valence-corrected chi connectivity index (χ3v) is 7.45. The number of fused-ring (bicyclic) bond motifs is 3. The summed E-state index contributed by atoms with van der Waals surface area (Å²) in [5.74, 6) is 0.328. The van der Waals surface area contributed by atoms with E-state index in [1.807, 2.05) is 30.3 Å². The van der Waals surface area contributed by atoms with E-state index in [0.717, 1.165) is 45.7 Å². The summed E-state index contributed by atoms with van der Waals surface area (Å²) in [6.45, 7) is 0. The molecular formula is C30H14ClF3N2O3S. The SMILES string of the molecule is N#C/C(=C\c1ccc(-c2cc(C(F)(F)F)ccc2Cl)o1)c1nc(-c2cc3c(ccc4ccccc43)oc2=O)cs1. The van der Waals surface area contributed by atoms with Crippen molar-refractivity contribution in [1.82, 2.24) is 4.98 Å². The molecule has 0 bridgehead atoms. The van der Waals surface area contributed by atoms with Crippen molar-refractivity contribution in [2.45, 2.75) is 6.18 Å². The van der Waals surface area contributed by atoms with Gasteiger partial charge < -0.3 is 8.83 Å². The van der Waals surface area contributed by atoms with E-state index >= 15 is 0 Å². The lowest BCUT2D eigenvalue weighted by molar-refractivity contribution is -0.137. The molecule has 0 N–H and O–H groups in total. The van der Waals surface area contributed by atoms with Gasteiger partial charge in [-0.3, -0.25) is 0 Å². The van der Waals surface area contributed by atoms with Crippen LogP contribution in [-0.4, -0.2) is 4.98 Å². The molecule has 196 valence electrons. The van der Waals surface area contributed by atoms with E-state index < -0.39 is 17.4 Å². The maximum Gasteiger partial charge on any atom is 0.416 e. The normalized spacial score (nSPS) is 12.2. The zero-order chi connectivity index (χ0) is 28.0. The van der Waals surface area contributed by atoms with Crippen molar-refractivity contribution >= 4 is 56.3 Å². The first-order chi connectivity index (χ1) is 19.2. The molecule has 3 aromatic carbocycles. The molecule has 0 aliphatic carbocycles. The van der Waals surface area contributed by atoms with Gasteiger partial charge in [0.05, 0.1) is 27.4 Å². The maximum absolute atomic E-state index is 13.2. The van der Waals surface area contributed by atoms with Gasteiger partial charge in [-0.05, 0) is 53.2 Å². The topological polar surface area (TPSA) is 80.0 Å². The van der Waals surface area contributed by atoms with Crippen molar-refractivity contribution in [2.75, 3.05) is 0 Å². The van der Waals surface area contributed by atoms with Gasteiger partial charge in [-0.2, -0.15) is 18.4 Å². The van der Waals surface area contributed by atoms with Crippen LogP contribution in [0.1, 0.15) is 16.3 Å². The molecule has 0 atom stereocenters. The van der Waals surface area contributed by atoms with Crippen LogP contribution in [0.4, 0.5) is 13.2 Å². The van der Waals surface area contributed by atoms with E-state index in [4.69, 9.17) is 20.4 Å². The van der Waals surface area contributed by atoms with Crippen LogP contribution >= 0.6 is 22.9 Å².